The summed E-state index contributed by atoms with van der Waals surface area (Å²) in [6, 6.07) is 15.0. The highest BCUT2D eigenvalue weighted by atomic mass is 19.4. The average Bonchev–Trinajstić information content (AvgIpc) is 3.13. The van der Waals surface area contributed by atoms with Crippen LogP contribution in [0.15, 0.2) is 77.9 Å². The Bertz CT molecular complexity index is 1330. The van der Waals surface area contributed by atoms with E-state index in [1.807, 2.05) is 24.3 Å². The minimum Gasteiger partial charge on any atom is -0.306 e. The third-order valence-corrected chi connectivity index (χ3v) is 6.72. The van der Waals surface area contributed by atoms with Crippen LogP contribution in [0.5, 0.6) is 0 Å². The molecule has 0 saturated carbocycles. The number of benzene rings is 3. The molecule has 37 heavy (non-hydrogen) atoms. The second-order valence-corrected chi connectivity index (χ2v) is 9.06. The van der Waals surface area contributed by atoms with Crippen molar-refractivity contribution < 1.29 is 31.1 Å². The standard InChI is InChI=1S/C27H21F6N3O/c28-26(29,30)18-10-8-17(9-11-18)24-22-7-3-5-16-4-1-2-6-21(16)23(22)35-36(24)25(37)34-20-14-12-19(13-15-20)27(31,32)33/h1-2,4,6,8-15,22,24H,3,5,7H2,(H,34,37). The first-order valence-corrected chi connectivity index (χ1v) is 11.6. The summed E-state index contributed by atoms with van der Waals surface area (Å²) in [6.07, 6.45) is -6.76. The molecule has 192 valence electrons. The van der Waals surface area contributed by atoms with Gasteiger partial charge in [0.05, 0.1) is 22.9 Å². The van der Waals surface area contributed by atoms with Gasteiger partial charge in [-0.15, -0.1) is 0 Å². The number of anilines is 1. The van der Waals surface area contributed by atoms with Crippen molar-refractivity contribution in [1.29, 1.82) is 0 Å². The average molecular weight is 517 g/mol. The zero-order valence-corrected chi connectivity index (χ0v) is 19.3. The molecule has 0 spiro atoms. The molecule has 5 rings (SSSR count). The number of nitrogens with one attached hydrogen (secondary N) is 1. The van der Waals surface area contributed by atoms with Crippen LogP contribution in [0.3, 0.4) is 0 Å². The summed E-state index contributed by atoms with van der Waals surface area (Å²) in [5.41, 5.74) is 1.58. The van der Waals surface area contributed by atoms with E-state index in [1.54, 1.807) is 0 Å². The fraction of sp³-hybridized carbons (Fsp3) is 0.259. The number of carbonyl (C=O) groups is 1. The number of hydrogen-bond acceptors (Lipinski definition) is 2. The van der Waals surface area contributed by atoms with Crippen LogP contribution in [0.1, 0.15) is 46.7 Å². The Labute approximate surface area is 208 Å². The van der Waals surface area contributed by atoms with Crippen LogP contribution in [0.25, 0.3) is 0 Å². The zero-order chi connectivity index (χ0) is 26.4. The fourth-order valence-corrected chi connectivity index (χ4v) is 4.96. The number of hydrazone groups is 1. The molecule has 2 unspecified atom stereocenters. The number of aryl methyl sites for hydroxylation is 1. The van der Waals surface area contributed by atoms with Gasteiger partial charge >= 0.3 is 18.4 Å². The number of alkyl halides is 6. The van der Waals surface area contributed by atoms with E-state index in [9.17, 15) is 31.1 Å². The highest BCUT2D eigenvalue weighted by Crippen LogP contribution is 2.43. The van der Waals surface area contributed by atoms with E-state index in [0.29, 0.717) is 17.7 Å². The molecular formula is C27H21F6N3O. The first-order valence-electron chi connectivity index (χ1n) is 11.6. The Morgan fingerprint density at radius 2 is 1.43 bits per heavy atom. The van der Waals surface area contributed by atoms with Gasteiger partial charge in [0.15, 0.2) is 0 Å². The van der Waals surface area contributed by atoms with Crippen LogP contribution in [0, 0.1) is 5.92 Å². The van der Waals surface area contributed by atoms with E-state index >= 15 is 0 Å². The molecule has 1 heterocycles. The number of nitrogens with zero attached hydrogens (tertiary/aromatic N) is 2. The molecule has 1 aliphatic carbocycles. The van der Waals surface area contributed by atoms with Gasteiger partial charge in [-0.2, -0.15) is 31.4 Å². The van der Waals surface area contributed by atoms with Crippen LogP contribution < -0.4 is 5.32 Å². The van der Waals surface area contributed by atoms with Crippen LogP contribution in [0.2, 0.25) is 0 Å². The smallest absolute Gasteiger partial charge is 0.306 e. The second-order valence-electron chi connectivity index (χ2n) is 9.06. The van der Waals surface area contributed by atoms with E-state index in [4.69, 9.17) is 0 Å². The lowest BCUT2D eigenvalue weighted by Gasteiger charge is -2.27. The van der Waals surface area contributed by atoms with Gasteiger partial charge in [-0.25, -0.2) is 9.80 Å². The molecule has 1 aliphatic heterocycles. The maximum Gasteiger partial charge on any atom is 0.416 e. The minimum absolute atomic E-state index is 0.136. The Morgan fingerprint density at radius 3 is 2.05 bits per heavy atom. The normalized spacial score (nSPS) is 19.5. The Morgan fingerprint density at radius 1 is 0.838 bits per heavy atom. The van der Waals surface area contributed by atoms with E-state index in [-0.39, 0.29) is 11.6 Å². The van der Waals surface area contributed by atoms with E-state index in [1.165, 1.54) is 17.1 Å². The van der Waals surface area contributed by atoms with Crippen molar-refractivity contribution in [3.63, 3.8) is 0 Å². The van der Waals surface area contributed by atoms with Crippen molar-refractivity contribution in [3.8, 4) is 0 Å². The molecule has 0 bridgehead atoms. The van der Waals surface area contributed by atoms with Gasteiger partial charge in [-0.1, -0.05) is 36.4 Å². The van der Waals surface area contributed by atoms with Gasteiger partial charge in [-0.05, 0) is 66.8 Å². The third-order valence-electron chi connectivity index (χ3n) is 6.72. The first-order chi connectivity index (χ1) is 17.5. The molecule has 3 aromatic carbocycles. The molecular weight excluding hydrogens is 496 g/mol. The van der Waals surface area contributed by atoms with E-state index in [0.717, 1.165) is 60.4 Å². The Balaban J connectivity index is 1.51. The lowest BCUT2D eigenvalue weighted by Crippen LogP contribution is -2.34. The quantitative estimate of drug-likeness (QED) is 0.349. The molecule has 2 aliphatic rings. The van der Waals surface area contributed by atoms with Crippen LogP contribution in [0.4, 0.5) is 36.8 Å². The van der Waals surface area contributed by atoms with Gasteiger partial charge in [0.1, 0.15) is 0 Å². The lowest BCUT2D eigenvalue weighted by molar-refractivity contribution is -0.138. The van der Waals surface area contributed by atoms with Gasteiger partial charge in [-0.3, -0.25) is 0 Å². The van der Waals surface area contributed by atoms with Crippen molar-refractivity contribution >= 4 is 17.4 Å². The molecule has 3 aromatic rings. The summed E-state index contributed by atoms with van der Waals surface area (Å²) < 4.78 is 78.2. The topological polar surface area (TPSA) is 44.7 Å². The summed E-state index contributed by atoms with van der Waals surface area (Å²) in [7, 11) is 0. The van der Waals surface area contributed by atoms with Gasteiger partial charge in [0.2, 0.25) is 0 Å². The van der Waals surface area contributed by atoms with E-state index in [2.05, 4.69) is 10.4 Å². The number of rotatable bonds is 2. The number of amides is 2. The molecule has 0 radical (unpaired) electrons. The summed E-state index contributed by atoms with van der Waals surface area (Å²) in [6.45, 7) is 0. The van der Waals surface area contributed by atoms with Crippen LogP contribution >= 0.6 is 0 Å². The lowest BCUT2D eigenvalue weighted by atomic mass is 9.85. The van der Waals surface area contributed by atoms with Gasteiger partial charge in [0, 0.05) is 17.2 Å². The third kappa shape index (κ3) is 4.92. The fourth-order valence-electron chi connectivity index (χ4n) is 4.96. The van der Waals surface area contributed by atoms with E-state index < -0.39 is 35.6 Å². The maximum absolute atomic E-state index is 13.4. The minimum atomic E-state index is -4.52. The number of fused-ring (bicyclic) bond motifs is 3. The number of urea groups is 1. The van der Waals surface area contributed by atoms with Crippen LogP contribution in [-0.4, -0.2) is 16.8 Å². The molecule has 2 atom stereocenters. The SMILES string of the molecule is O=C(Nc1ccc(C(F)(F)F)cc1)N1N=C2c3ccccc3CCCC2C1c1ccc(C(F)(F)F)cc1. The largest absolute Gasteiger partial charge is 0.416 e. The molecule has 1 N–H and O–H groups in total. The number of hydrogen-bond donors (Lipinski definition) is 1. The predicted octanol–water partition coefficient (Wildman–Crippen LogP) is 7.67. The van der Waals surface area contributed by atoms with Gasteiger partial charge in [0.25, 0.3) is 0 Å². The summed E-state index contributed by atoms with van der Waals surface area (Å²) in [5, 5.41) is 8.41. The maximum atomic E-state index is 13.4. The molecule has 4 nitrogen and oxygen atoms in total. The molecule has 0 aromatic heterocycles. The zero-order valence-electron chi connectivity index (χ0n) is 19.3. The predicted molar refractivity (Wildman–Crippen MR) is 126 cm³/mol. The van der Waals surface area contributed by atoms with Crippen molar-refractivity contribution in [1.82, 2.24) is 5.01 Å². The van der Waals surface area contributed by atoms with Gasteiger partial charge < -0.3 is 5.32 Å². The summed E-state index contributed by atoms with van der Waals surface area (Å²) in [4.78, 5) is 13.4. The number of carbonyl (C=O) groups excluding carboxylic acids is 1. The summed E-state index contributed by atoms with van der Waals surface area (Å²) in [5.74, 6) is -0.265. The van der Waals surface area contributed by atoms with Crippen molar-refractivity contribution in [2.45, 2.75) is 37.7 Å². The highest BCUT2D eigenvalue weighted by molar-refractivity contribution is 6.07. The molecule has 2 amide bonds. The monoisotopic (exact) mass is 517 g/mol. The number of halogens is 6. The molecule has 0 fully saturated rings. The Hall–Kier alpha value is -3.82. The second kappa shape index (κ2) is 9.24. The van der Waals surface area contributed by atoms with Crippen molar-refractivity contribution in [3.05, 3.63) is 101 Å². The molecule has 0 saturated heterocycles. The Kier molecular flexibility index (Phi) is 6.21. The van der Waals surface area contributed by atoms with Crippen molar-refractivity contribution in [2.24, 2.45) is 11.0 Å². The molecule has 10 heteroatoms. The highest BCUT2D eigenvalue weighted by Gasteiger charge is 2.43. The summed E-state index contributed by atoms with van der Waals surface area (Å²) >= 11 is 0. The van der Waals surface area contributed by atoms with Crippen LogP contribution in [-0.2, 0) is 18.8 Å². The van der Waals surface area contributed by atoms with Crippen molar-refractivity contribution in [2.75, 3.05) is 5.32 Å². The first kappa shape index (κ1) is 24.9.